The van der Waals surface area contributed by atoms with Crippen molar-refractivity contribution in [3.05, 3.63) is 72.3 Å². The van der Waals surface area contributed by atoms with Gasteiger partial charge in [-0.1, -0.05) is 12.1 Å². The van der Waals surface area contributed by atoms with E-state index < -0.39 is 0 Å². The van der Waals surface area contributed by atoms with E-state index in [0.29, 0.717) is 12.2 Å². The van der Waals surface area contributed by atoms with Gasteiger partial charge in [-0.15, -0.1) is 0 Å². The highest BCUT2D eigenvalue weighted by molar-refractivity contribution is 5.94. The zero-order valence-corrected chi connectivity index (χ0v) is 13.7. The summed E-state index contributed by atoms with van der Waals surface area (Å²) in [4.78, 5) is 16.5. The number of ether oxygens (including phenoxy) is 1. The molecule has 24 heavy (non-hydrogen) atoms. The number of hydrogen-bond donors (Lipinski definition) is 1. The lowest BCUT2D eigenvalue weighted by atomic mass is 10.1. The molecule has 0 aliphatic heterocycles. The van der Waals surface area contributed by atoms with Gasteiger partial charge in [0.2, 0.25) is 0 Å². The van der Waals surface area contributed by atoms with E-state index in [2.05, 4.69) is 10.3 Å². The van der Waals surface area contributed by atoms with Crippen molar-refractivity contribution >= 4 is 5.91 Å². The van der Waals surface area contributed by atoms with Gasteiger partial charge in [-0.05, 0) is 41.5 Å². The molecule has 2 heterocycles. The SMILES string of the molecule is COc1cccc(CNC(=O)c2cc(-c3ccncc3)cn2C)c1. The van der Waals surface area contributed by atoms with Crippen LogP contribution < -0.4 is 10.1 Å². The molecule has 0 saturated heterocycles. The number of hydrogen-bond acceptors (Lipinski definition) is 3. The van der Waals surface area contributed by atoms with E-state index in [1.807, 2.05) is 60.3 Å². The van der Waals surface area contributed by atoms with E-state index in [1.54, 1.807) is 19.5 Å². The minimum Gasteiger partial charge on any atom is -0.497 e. The summed E-state index contributed by atoms with van der Waals surface area (Å²) in [6.45, 7) is 0.450. The number of carbonyl (C=O) groups is 1. The summed E-state index contributed by atoms with van der Waals surface area (Å²) in [7, 11) is 3.49. The average molecular weight is 321 g/mol. The van der Waals surface area contributed by atoms with Crippen molar-refractivity contribution in [2.45, 2.75) is 6.54 Å². The van der Waals surface area contributed by atoms with Gasteiger partial charge in [0, 0.05) is 37.7 Å². The molecule has 0 aliphatic rings. The quantitative estimate of drug-likeness (QED) is 0.786. The van der Waals surface area contributed by atoms with Crippen LogP contribution in [0, 0.1) is 0 Å². The molecule has 0 fully saturated rings. The van der Waals surface area contributed by atoms with Crippen LogP contribution in [0.5, 0.6) is 5.75 Å². The number of nitrogens with one attached hydrogen (secondary N) is 1. The van der Waals surface area contributed by atoms with Crippen LogP contribution in [0.15, 0.2) is 61.1 Å². The topological polar surface area (TPSA) is 56.1 Å². The largest absolute Gasteiger partial charge is 0.497 e. The number of nitrogens with zero attached hydrogens (tertiary/aromatic N) is 2. The molecular formula is C19H19N3O2. The molecule has 3 rings (SSSR count). The van der Waals surface area contributed by atoms with Crippen molar-refractivity contribution in [3.8, 4) is 16.9 Å². The van der Waals surface area contributed by atoms with Crippen LogP contribution in [0.4, 0.5) is 0 Å². The zero-order chi connectivity index (χ0) is 16.9. The molecule has 1 amide bonds. The molecule has 5 nitrogen and oxygen atoms in total. The summed E-state index contributed by atoms with van der Waals surface area (Å²) >= 11 is 0. The predicted octanol–water partition coefficient (Wildman–Crippen LogP) is 3.03. The van der Waals surface area contributed by atoms with Crippen molar-refractivity contribution in [1.82, 2.24) is 14.9 Å². The number of rotatable bonds is 5. The first-order valence-electron chi connectivity index (χ1n) is 7.65. The number of aryl methyl sites for hydroxylation is 1. The van der Waals surface area contributed by atoms with Crippen LogP contribution >= 0.6 is 0 Å². The molecule has 0 saturated carbocycles. The van der Waals surface area contributed by atoms with E-state index >= 15 is 0 Å². The Morgan fingerprint density at radius 1 is 1.17 bits per heavy atom. The van der Waals surface area contributed by atoms with Crippen LogP contribution in [-0.4, -0.2) is 22.6 Å². The molecule has 0 aliphatic carbocycles. The second kappa shape index (κ2) is 7.00. The van der Waals surface area contributed by atoms with Gasteiger partial charge in [0.25, 0.3) is 5.91 Å². The molecule has 0 spiro atoms. The van der Waals surface area contributed by atoms with Crippen LogP contribution in [0.25, 0.3) is 11.1 Å². The lowest BCUT2D eigenvalue weighted by molar-refractivity contribution is 0.0943. The smallest absolute Gasteiger partial charge is 0.268 e. The molecule has 0 bridgehead atoms. The monoisotopic (exact) mass is 321 g/mol. The summed E-state index contributed by atoms with van der Waals surface area (Å²) in [6.07, 6.45) is 5.42. The first-order chi connectivity index (χ1) is 11.7. The average Bonchev–Trinajstić information content (AvgIpc) is 3.02. The summed E-state index contributed by atoms with van der Waals surface area (Å²) < 4.78 is 7.03. The van der Waals surface area contributed by atoms with E-state index in [-0.39, 0.29) is 5.91 Å². The van der Waals surface area contributed by atoms with Crippen LogP contribution in [0.1, 0.15) is 16.1 Å². The first-order valence-corrected chi connectivity index (χ1v) is 7.65. The van der Waals surface area contributed by atoms with E-state index in [0.717, 1.165) is 22.4 Å². The number of methoxy groups -OCH3 is 1. The van der Waals surface area contributed by atoms with Crippen molar-refractivity contribution in [2.75, 3.05) is 7.11 Å². The second-order valence-corrected chi connectivity index (χ2v) is 5.50. The summed E-state index contributed by atoms with van der Waals surface area (Å²) in [5.41, 5.74) is 3.63. The Hall–Kier alpha value is -3.08. The zero-order valence-electron chi connectivity index (χ0n) is 13.7. The minimum absolute atomic E-state index is 0.111. The Morgan fingerprint density at radius 2 is 1.96 bits per heavy atom. The Labute approximate surface area is 140 Å². The fourth-order valence-corrected chi connectivity index (χ4v) is 2.55. The van der Waals surface area contributed by atoms with Gasteiger partial charge in [-0.25, -0.2) is 0 Å². The standard InChI is InChI=1S/C19H19N3O2/c1-22-13-16(15-6-8-20-9-7-15)11-18(22)19(23)21-12-14-4-3-5-17(10-14)24-2/h3-11,13H,12H2,1-2H3,(H,21,23). The molecule has 122 valence electrons. The van der Waals surface area contributed by atoms with E-state index in [1.165, 1.54) is 0 Å². The first kappa shape index (κ1) is 15.8. The lowest BCUT2D eigenvalue weighted by Crippen LogP contribution is -2.24. The van der Waals surface area contributed by atoms with Crippen molar-refractivity contribution in [1.29, 1.82) is 0 Å². The number of pyridine rings is 1. The third kappa shape index (κ3) is 3.46. The van der Waals surface area contributed by atoms with Crippen LogP contribution in [0.3, 0.4) is 0 Å². The Morgan fingerprint density at radius 3 is 2.71 bits per heavy atom. The third-order valence-corrected chi connectivity index (χ3v) is 3.84. The van der Waals surface area contributed by atoms with Gasteiger partial charge < -0.3 is 14.6 Å². The Kier molecular flexibility index (Phi) is 4.61. The van der Waals surface area contributed by atoms with Gasteiger partial charge in [-0.2, -0.15) is 0 Å². The molecule has 0 unspecified atom stereocenters. The van der Waals surface area contributed by atoms with Crippen LogP contribution in [-0.2, 0) is 13.6 Å². The molecule has 2 aromatic heterocycles. The highest BCUT2D eigenvalue weighted by Gasteiger charge is 2.12. The number of aromatic nitrogens is 2. The summed E-state index contributed by atoms with van der Waals surface area (Å²) in [6, 6.07) is 13.4. The van der Waals surface area contributed by atoms with Crippen LogP contribution in [0.2, 0.25) is 0 Å². The van der Waals surface area contributed by atoms with Gasteiger partial charge in [0.05, 0.1) is 7.11 Å². The Balaban J connectivity index is 1.72. The predicted molar refractivity (Wildman–Crippen MR) is 92.8 cm³/mol. The normalized spacial score (nSPS) is 10.4. The molecule has 0 atom stereocenters. The van der Waals surface area contributed by atoms with Gasteiger partial charge in [-0.3, -0.25) is 9.78 Å². The molecule has 0 radical (unpaired) electrons. The maximum Gasteiger partial charge on any atom is 0.268 e. The highest BCUT2D eigenvalue weighted by atomic mass is 16.5. The molecule has 1 N–H and O–H groups in total. The minimum atomic E-state index is -0.111. The van der Waals surface area contributed by atoms with Crippen molar-refractivity contribution < 1.29 is 9.53 Å². The fraction of sp³-hybridized carbons (Fsp3) is 0.158. The fourth-order valence-electron chi connectivity index (χ4n) is 2.55. The maximum absolute atomic E-state index is 12.5. The number of carbonyl (C=O) groups excluding carboxylic acids is 1. The van der Waals surface area contributed by atoms with Gasteiger partial charge in [0.1, 0.15) is 11.4 Å². The van der Waals surface area contributed by atoms with Crippen molar-refractivity contribution in [2.24, 2.45) is 7.05 Å². The van der Waals surface area contributed by atoms with E-state index in [4.69, 9.17) is 4.74 Å². The highest BCUT2D eigenvalue weighted by Crippen LogP contribution is 2.21. The number of amides is 1. The molecule has 5 heteroatoms. The summed E-state index contributed by atoms with van der Waals surface area (Å²) in [5.74, 6) is 0.668. The number of benzene rings is 1. The van der Waals surface area contributed by atoms with Gasteiger partial charge in [0.15, 0.2) is 0 Å². The molecule has 1 aromatic carbocycles. The Bertz CT molecular complexity index is 841. The van der Waals surface area contributed by atoms with E-state index in [9.17, 15) is 4.79 Å². The second-order valence-electron chi connectivity index (χ2n) is 5.50. The van der Waals surface area contributed by atoms with Gasteiger partial charge >= 0.3 is 0 Å². The molecular weight excluding hydrogens is 302 g/mol. The van der Waals surface area contributed by atoms with Crippen molar-refractivity contribution in [3.63, 3.8) is 0 Å². The third-order valence-electron chi connectivity index (χ3n) is 3.84. The molecule has 3 aromatic rings. The summed E-state index contributed by atoms with van der Waals surface area (Å²) in [5, 5.41) is 2.94. The lowest BCUT2D eigenvalue weighted by Gasteiger charge is -2.07. The maximum atomic E-state index is 12.5.